The Labute approximate surface area is 168 Å². The van der Waals surface area contributed by atoms with Crippen molar-refractivity contribution in [3.05, 3.63) is 54.1 Å². The normalized spacial score (nSPS) is 11.5. The van der Waals surface area contributed by atoms with Gasteiger partial charge in [-0.05, 0) is 42.7 Å². The Kier molecular flexibility index (Phi) is 6.64. The summed E-state index contributed by atoms with van der Waals surface area (Å²) < 4.78 is 25.5. The van der Waals surface area contributed by atoms with E-state index < -0.39 is 15.7 Å². The molecule has 28 heavy (non-hydrogen) atoms. The van der Waals surface area contributed by atoms with Crippen LogP contribution in [0.25, 0.3) is 10.2 Å². The number of carbonyl (C=O) groups excluding carboxylic acids is 1. The molecule has 0 aliphatic rings. The van der Waals surface area contributed by atoms with Crippen LogP contribution in [0.1, 0.15) is 31.7 Å². The van der Waals surface area contributed by atoms with Crippen LogP contribution in [0.3, 0.4) is 0 Å². The van der Waals surface area contributed by atoms with E-state index in [4.69, 9.17) is 0 Å². The number of fused-ring (bicyclic) bond motifs is 1. The first-order chi connectivity index (χ1) is 13.5. The maximum absolute atomic E-state index is 12.2. The van der Waals surface area contributed by atoms with Crippen molar-refractivity contribution >= 4 is 42.4 Å². The summed E-state index contributed by atoms with van der Waals surface area (Å²) in [5.41, 5.74) is 7.46. The number of amides is 1. The molecular weight excluding hydrogens is 394 g/mol. The van der Waals surface area contributed by atoms with Gasteiger partial charge in [0.05, 0.1) is 20.9 Å². The maximum atomic E-state index is 12.2. The largest absolute Gasteiger partial charge is 0.273 e. The van der Waals surface area contributed by atoms with Crippen molar-refractivity contribution in [3.8, 4) is 0 Å². The second-order valence-electron chi connectivity index (χ2n) is 6.48. The van der Waals surface area contributed by atoms with Crippen LogP contribution in [-0.2, 0) is 21.1 Å². The molecule has 0 radical (unpaired) electrons. The monoisotopic (exact) mass is 417 g/mol. The number of unbranched alkanes of at least 4 members (excludes halogenated alkanes) is 1. The number of carbonyl (C=O) groups is 1. The van der Waals surface area contributed by atoms with Crippen molar-refractivity contribution in [2.45, 2.75) is 37.5 Å². The smallest absolute Gasteiger partial charge is 0.239 e. The van der Waals surface area contributed by atoms with E-state index in [1.807, 2.05) is 6.07 Å². The second kappa shape index (κ2) is 9.16. The average Bonchev–Trinajstić information content (AvgIpc) is 3.12. The summed E-state index contributed by atoms with van der Waals surface area (Å²) in [6, 6.07) is 14.3. The van der Waals surface area contributed by atoms with E-state index in [-0.39, 0.29) is 17.1 Å². The van der Waals surface area contributed by atoms with Crippen LogP contribution in [0.15, 0.2) is 53.4 Å². The zero-order chi connectivity index (χ0) is 20.0. The van der Waals surface area contributed by atoms with Gasteiger partial charge in [-0.3, -0.25) is 15.6 Å². The van der Waals surface area contributed by atoms with Gasteiger partial charge in [-0.1, -0.05) is 48.9 Å². The minimum Gasteiger partial charge on any atom is -0.273 e. The van der Waals surface area contributed by atoms with E-state index >= 15 is 0 Å². The first-order valence-corrected chi connectivity index (χ1v) is 11.7. The highest BCUT2D eigenvalue weighted by atomic mass is 32.2. The lowest BCUT2D eigenvalue weighted by Crippen LogP contribution is -2.30. The van der Waals surface area contributed by atoms with Crippen LogP contribution in [0.5, 0.6) is 0 Å². The molecule has 0 aliphatic carbocycles. The number of aryl methyl sites for hydroxylation is 1. The predicted molar refractivity (Wildman–Crippen MR) is 113 cm³/mol. The summed E-state index contributed by atoms with van der Waals surface area (Å²) in [6.45, 7) is 2.17. The zero-order valence-corrected chi connectivity index (χ0v) is 17.3. The van der Waals surface area contributed by atoms with Crippen molar-refractivity contribution < 1.29 is 13.2 Å². The van der Waals surface area contributed by atoms with Gasteiger partial charge in [0.25, 0.3) is 0 Å². The van der Waals surface area contributed by atoms with Gasteiger partial charge in [0.15, 0.2) is 9.84 Å². The third-order valence-corrected chi connectivity index (χ3v) is 6.95. The third-order valence-electron chi connectivity index (χ3n) is 4.28. The molecule has 1 amide bonds. The molecule has 0 spiro atoms. The number of anilines is 1. The average molecular weight is 418 g/mol. The fourth-order valence-electron chi connectivity index (χ4n) is 2.72. The molecule has 0 saturated carbocycles. The fourth-order valence-corrected chi connectivity index (χ4v) is 4.86. The zero-order valence-electron chi connectivity index (χ0n) is 15.6. The Hall–Kier alpha value is -2.45. The lowest BCUT2D eigenvalue weighted by Gasteiger charge is -2.06. The summed E-state index contributed by atoms with van der Waals surface area (Å²) in [6.07, 6.45) is 3.22. The summed E-state index contributed by atoms with van der Waals surface area (Å²) in [5.74, 6) is -0.645. The van der Waals surface area contributed by atoms with E-state index in [0.29, 0.717) is 5.13 Å². The van der Waals surface area contributed by atoms with E-state index in [1.165, 1.54) is 29.0 Å². The number of nitrogens with one attached hydrogen (secondary N) is 2. The quantitative estimate of drug-likeness (QED) is 0.515. The molecule has 0 fully saturated rings. The molecule has 8 heteroatoms. The van der Waals surface area contributed by atoms with Gasteiger partial charge in [0, 0.05) is 6.42 Å². The highest BCUT2D eigenvalue weighted by Crippen LogP contribution is 2.26. The molecule has 0 saturated heterocycles. The Morgan fingerprint density at radius 1 is 1.14 bits per heavy atom. The van der Waals surface area contributed by atoms with Gasteiger partial charge >= 0.3 is 0 Å². The minimum atomic E-state index is -3.47. The van der Waals surface area contributed by atoms with E-state index in [9.17, 15) is 13.2 Å². The second-order valence-corrected chi connectivity index (χ2v) is 9.62. The maximum Gasteiger partial charge on any atom is 0.239 e. The van der Waals surface area contributed by atoms with Crippen LogP contribution in [0, 0.1) is 0 Å². The van der Waals surface area contributed by atoms with E-state index in [0.717, 1.165) is 29.5 Å². The number of sulfone groups is 1. The Bertz CT molecular complexity index is 1050. The third kappa shape index (κ3) is 5.30. The standard InChI is InChI=1S/C20H23N3O3S2/c1-2-3-7-15-10-11-17-18(14-15)27-20(21-17)23-22-19(24)12-13-28(25,26)16-8-5-4-6-9-16/h4-6,8-11,14H,2-3,7,12-13H2,1H3,(H,21,23)(H,22,24). The van der Waals surface area contributed by atoms with Crippen molar-refractivity contribution in [3.63, 3.8) is 0 Å². The van der Waals surface area contributed by atoms with Crippen LogP contribution < -0.4 is 10.9 Å². The Morgan fingerprint density at radius 2 is 1.93 bits per heavy atom. The molecule has 2 aromatic carbocycles. The number of benzene rings is 2. The molecule has 3 aromatic rings. The number of hydrogen-bond donors (Lipinski definition) is 2. The molecule has 0 aliphatic heterocycles. The van der Waals surface area contributed by atoms with E-state index in [1.54, 1.807) is 18.2 Å². The summed E-state index contributed by atoms with van der Waals surface area (Å²) in [5, 5.41) is 0.571. The van der Waals surface area contributed by atoms with Crippen molar-refractivity contribution in [2.24, 2.45) is 0 Å². The number of aromatic nitrogens is 1. The summed E-state index contributed by atoms with van der Waals surface area (Å²) >= 11 is 1.45. The molecule has 0 atom stereocenters. The first kappa shape index (κ1) is 20.3. The van der Waals surface area contributed by atoms with Crippen molar-refractivity contribution in [1.82, 2.24) is 10.4 Å². The molecule has 1 heterocycles. The Morgan fingerprint density at radius 3 is 2.68 bits per heavy atom. The lowest BCUT2D eigenvalue weighted by atomic mass is 10.1. The van der Waals surface area contributed by atoms with Gasteiger partial charge in [-0.25, -0.2) is 13.4 Å². The van der Waals surface area contributed by atoms with Crippen molar-refractivity contribution in [2.75, 3.05) is 11.2 Å². The topological polar surface area (TPSA) is 88.2 Å². The molecule has 0 unspecified atom stereocenters. The highest BCUT2D eigenvalue weighted by Gasteiger charge is 2.16. The summed E-state index contributed by atoms with van der Waals surface area (Å²) in [7, 11) is -3.47. The molecule has 0 bridgehead atoms. The molecule has 3 rings (SSSR count). The van der Waals surface area contributed by atoms with Crippen molar-refractivity contribution in [1.29, 1.82) is 0 Å². The predicted octanol–water partition coefficient (Wildman–Crippen LogP) is 3.95. The molecule has 1 aromatic heterocycles. The number of rotatable bonds is 9. The Balaban J connectivity index is 1.54. The molecular formula is C20H23N3O3S2. The van der Waals surface area contributed by atoms with E-state index in [2.05, 4.69) is 34.9 Å². The van der Waals surface area contributed by atoms with Gasteiger partial charge in [0.1, 0.15) is 0 Å². The first-order valence-electron chi connectivity index (χ1n) is 9.20. The molecule has 6 nitrogen and oxygen atoms in total. The lowest BCUT2D eigenvalue weighted by molar-refractivity contribution is -0.120. The van der Waals surface area contributed by atoms with Crippen LogP contribution in [0.4, 0.5) is 5.13 Å². The minimum absolute atomic E-state index is 0.129. The van der Waals surface area contributed by atoms with Gasteiger partial charge in [-0.15, -0.1) is 0 Å². The highest BCUT2D eigenvalue weighted by molar-refractivity contribution is 7.91. The van der Waals surface area contributed by atoms with Crippen LogP contribution in [0.2, 0.25) is 0 Å². The fraction of sp³-hybridized carbons (Fsp3) is 0.300. The number of hydrogen-bond acceptors (Lipinski definition) is 6. The molecule has 2 N–H and O–H groups in total. The van der Waals surface area contributed by atoms with Crippen LogP contribution >= 0.6 is 11.3 Å². The SMILES string of the molecule is CCCCc1ccc2nc(NNC(=O)CCS(=O)(=O)c3ccccc3)sc2c1. The van der Waals surface area contributed by atoms with Crippen LogP contribution in [-0.4, -0.2) is 25.1 Å². The molecule has 148 valence electrons. The number of hydrazine groups is 1. The number of thiazole rings is 1. The van der Waals surface area contributed by atoms with Gasteiger partial charge in [-0.2, -0.15) is 0 Å². The summed E-state index contributed by atoms with van der Waals surface area (Å²) in [4.78, 5) is 16.7. The van der Waals surface area contributed by atoms with Gasteiger partial charge in [0.2, 0.25) is 11.0 Å². The number of nitrogens with zero attached hydrogens (tertiary/aromatic N) is 1. The van der Waals surface area contributed by atoms with Gasteiger partial charge < -0.3 is 0 Å².